The molecule has 1 aromatic carbocycles. The first-order valence-electron chi connectivity index (χ1n) is 3.39. The molecule has 0 heterocycles. The smallest absolute Gasteiger partial charge is 0.0948 e. The average molecular weight is 116 g/mol. The van der Waals surface area contributed by atoms with Gasteiger partial charge in [0.2, 0.25) is 0 Å². The molecule has 44 valence electrons. The maximum absolute atomic E-state index is 2.18. The standard InChI is InChI=1S/C7H10B2/c1-9-7-5-3-2-4-6(7)8/h2-5,9H,8H2,1H3. The van der Waals surface area contributed by atoms with Crippen molar-refractivity contribution in [3.63, 3.8) is 0 Å². The van der Waals surface area contributed by atoms with Crippen LogP contribution in [0.4, 0.5) is 0 Å². The van der Waals surface area contributed by atoms with Gasteiger partial charge in [-0.15, -0.1) is 0 Å². The van der Waals surface area contributed by atoms with Gasteiger partial charge in [-0.2, -0.15) is 0 Å². The van der Waals surface area contributed by atoms with E-state index >= 15 is 0 Å². The average Bonchev–Trinajstić information content (AvgIpc) is 1.89. The van der Waals surface area contributed by atoms with E-state index in [0.717, 1.165) is 7.28 Å². The predicted octanol–water partition coefficient (Wildman–Crippen LogP) is -0.945. The molecular formula is C7H10B2. The van der Waals surface area contributed by atoms with Gasteiger partial charge >= 0.3 is 0 Å². The van der Waals surface area contributed by atoms with Gasteiger partial charge in [-0.05, 0) is 0 Å². The third-order valence-electron chi connectivity index (χ3n) is 1.64. The Morgan fingerprint density at radius 2 is 2.00 bits per heavy atom. The Bertz CT molecular complexity index is 196. The van der Waals surface area contributed by atoms with Crippen molar-refractivity contribution in [2.75, 3.05) is 0 Å². The SMILES string of the molecule is Bc1ccccc1BC. The Labute approximate surface area is 57.9 Å². The Morgan fingerprint density at radius 1 is 1.33 bits per heavy atom. The summed E-state index contributed by atoms with van der Waals surface area (Å²) in [6.45, 7) is 2.18. The normalized spacial score (nSPS) is 9.00. The summed E-state index contributed by atoms with van der Waals surface area (Å²) in [5, 5.41) is 0. The maximum atomic E-state index is 2.18. The molecule has 0 aromatic heterocycles. The van der Waals surface area contributed by atoms with Crippen molar-refractivity contribution >= 4 is 26.1 Å². The Morgan fingerprint density at radius 3 is 2.44 bits per heavy atom. The number of hydrogen-bond donors (Lipinski definition) is 0. The van der Waals surface area contributed by atoms with Gasteiger partial charge in [0.25, 0.3) is 0 Å². The van der Waals surface area contributed by atoms with E-state index in [1.807, 2.05) is 0 Å². The van der Waals surface area contributed by atoms with Crippen LogP contribution in [0.5, 0.6) is 0 Å². The molecule has 2 heteroatoms. The molecule has 0 saturated heterocycles. The lowest BCUT2D eigenvalue weighted by molar-refractivity contribution is 1.82. The topological polar surface area (TPSA) is 0 Å². The monoisotopic (exact) mass is 116 g/mol. The minimum atomic E-state index is 1.15. The van der Waals surface area contributed by atoms with Crippen molar-refractivity contribution in [3.05, 3.63) is 24.3 Å². The quantitative estimate of drug-likeness (QED) is 0.415. The maximum Gasteiger partial charge on any atom is 0.153 e. The van der Waals surface area contributed by atoms with Gasteiger partial charge in [0.05, 0.1) is 0 Å². The first kappa shape index (κ1) is 6.47. The highest BCUT2D eigenvalue weighted by Crippen LogP contribution is 1.76. The minimum absolute atomic E-state index is 1.15. The van der Waals surface area contributed by atoms with Crippen LogP contribution in [0.2, 0.25) is 6.82 Å². The summed E-state index contributed by atoms with van der Waals surface area (Å²) in [7, 11) is 3.30. The predicted molar refractivity (Wildman–Crippen MR) is 47.3 cm³/mol. The molecule has 0 spiro atoms. The van der Waals surface area contributed by atoms with E-state index in [0.29, 0.717) is 0 Å². The van der Waals surface area contributed by atoms with Gasteiger partial charge in [0.1, 0.15) is 7.85 Å². The Kier molecular flexibility index (Phi) is 1.99. The second kappa shape index (κ2) is 2.77. The van der Waals surface area contributed by atoms with E-state index < -0.39 is 0 Å². The van der Waals surface area contributed by atoms with Gasteiger partial charge in [0.15, 0.2) is 7.28 Å². The van der Waals surface area contributed by atoms with Crippen molar-refractivity contribution in [3.8, 4) is 0 Å². The first-order valence-corrected chi connectivity index (χ1v) is 3.39. The third-order valence-corrected chi connectivity index (χ3v) is 1.64. The zero-order valence-corrected chi connectivity index (χ0v) is 6.02. The van der Waals surface area contributed by atoms with E-state index in [4.69, 9.17) is 0 Å². The first-order chi connectivity index (χ1) is 4.34. The second-order valence-electron chi connectivity index (χ2n) is 2.28. The molecule has 0 N–H and O–H groups in total. The summed E-state index contributed by atoms with van der Waals surface area (Å²) < 4.78 is 0. The molecule has 0 radical (unpaired) electrons. The largest absolute Gasteiger partial charge is 0.153 e. The van der Waals surface area contributed by atoms with Crippen LogP contribution in [-0.2, 0) is 0 Å². The van der Waals surface area contributed by atoms with E-state index in [9.17, 15) is 0 Å². The van der Waals surface area contributed by atoms with Crippen LogP contribution in [-0.4, -0.2) is 15.1 Å². The fourth-order valence-corrected chi connectivity index (χ4v) is 1.01. The highest BCUT2D eigenvalue weighted by molar-refractivity contribution is 6.59. The lowest BCUT2D eigenvalue weighted by Gasteiger charge is -1.97. The fourth-order valence-electron chi connectivity index (χ4n) is 1.01. The molecule has 0 bridgehead atoms. The molecule has 0 amide bonds. The molecular weight excluding hydrogens is 106 g/mol. The van der Waals surface area contributed by atoms with Gasteiger partial charge in [0, 0.05) is 0 Å². The van der Waals surface area contributed by atoms with Gasteiger partial charge < -0.3 is 0 Å². The third kappa shape index (κ3) is 1.38. The van der Waals surface area contributed by atoms with Crippen molar-refractivity contribution in [1.82, 2.24) is 0 Å². The van der Waals surface area contributed by atoms with Crippen LogP contribution in [0, 0.1) is 0 Å². The second-order valence-corrected chi connectivity index (χ2v) is 2.28. The molecule has 9 heavy (non-hydrogen) atoms. The summed E-state index contributed by atoms with van der Waals surface area (Å²) in [6, 6.07) is 8.49. The summed E-state index contributed by atoms with van der Waals surface area (Å²) >= 11 is 0. The number of benzene rings is 1. The molecule has 0 saturated carbocycles. The summed E-state index contributed by atoms with van der Waals surface area (Å²) in [4.78, 5) is 0. The molecule has 1 rings (SSSR count). The highest BCUT2D eigenvalue weighted by Gasteiger charge is 1.90. The van der Waals surface area contributed by atoms with E-state index in [1.54, 1.807) is 0 Å². The number of rotatable bonds is 1. The van der Waals surface area contributed by atoms with Gasteiger partial charge in [-0.3, -0.25) is 0 Å². The van der Waals surface area contributed by atoms with Crippen LogP contribution >= 0.6 is 0 Å². The molecule has 0 unspecified atom stereocenters. The molecule has 0 aliphatic heterocycles. The Hall–Kier alpha value is -0.650. The van der Waals surface area contributed by atoms with Crippen LogP contribution in [0.15, 0.2) is 24.3 Å². The molecule has 0 aliphatic carbocycles. The van der Waals surface area contributed by atoms with E-state index in [2.05, 4.69) is 38.9 Å². The zero-order valence-electron chi connectivity index (χ0n) is 6.02. The van der Waals surface area contributed by atoms with E-state index in [1.165, 1.54) is 10.9 Å². The number of hydrogen-bond acceptors (Lipinski definition) is 0. The van der Waals surface area contributed by atoms with Crippen molar-refractivity contribution < 1.29 is 0 Å². The van der Waals surface area contributed by atoms with Crippen LogP contribution < -0.4 is 10.9 Å². The van der Waals surface area contributed by atoms with Crippen LogP contribution in [0.1, 0.15) is 0 Å². The minimum Gasteiger partial charge on any atom is -0.0948 e. The molecule has 0 fully saturated rings. The van der Waals surface area contributed by atoms with Gasteiger partial charge in [-0.1, -0.05) is 42.0 Å². The Balaban J connectivity index is 3.01. The molecule has 0 atom stereocenters. The van der Waals surface area contributed by atoms with Gasteiger partial charge in [-0.25, -0.2) is 0 Å². The van der Waals surface area contributed by atoms with Crippen molar-refractivity contribution in [1.29, 1.82) is 0 Å². The molecule has 1 aromatic rings. The van der Waals surface area contributed by atoms with Crippen LogP contribution in [0.3, 0.4) is 0 Å². The zero-order chi connectivity index (χ0) is 6.69. The van der Waals surface area contributed by atoms with Crippen molar-refractivity contribution in [2.45, 2.75) is 6.82 Å². The van der Waals surface area contributed by atoms with E-state index in [-0.39, 0.29) is 0 Å². The molecule has 0 aliphatic rings. The summed E-state index contributed by atoms with van der Waals surface area (Å²) in [5.41, 5.74) is 2.86. The summed E-state index contributed by atoms with van der Waals surface area (Å²) in [5.74, 6) is 0. The summed E-state index contributed by atoms with van der Waals surface area (Å²) in [6.07, 6.45) is 0. The lowest BCUT2D eigenvalue weighted by Crippen LogP contribution is -2.28. The molecule has 0 nitrogen and oxygen atoms in total. The fraction of sp³-hybridized carbons (Fsp3) is 0.143. The lowest BCUT2D eigenvalue weighted by atomic mass is 9.67. The van der Waals surface area contributed by atoms with Crippen LogP contribution in [0.25, 0.3) is 0 Å². The highest BCUT2D eigenvalue weighted by atomic mass is 13.8. The van der Waals surface area contributed by atoms with Crippen molar-refractivity contribution in [2.24, 2.45) is 0 Å².